The summed E-state index contributed by atoms with van der Waals surface area (Å²) in [7, 11) is 1.74. The Morgan fingerprint density at radius 2 is 1.93 bits per heavy atom. The molecule has 0 radical (unpaired) electrons. The number of carbonyl (C=O) groups is 1. The predicted octanol–water partition coefficient (Wildman–Crippen LogP) is 4.14. The van der Waals surface area contributed by atoms with Gasteiger partial charge in [0.1, 0.15) is 11.3 Å². The lowest BCUT2D eigenvalue weighted by Crippen LogP contribution is -2.28. The van der Waals surface area contributed by atoms with Crippen LogP contribution >= 0.6 is 0 Å². The van der Waals surface area contributed by atoms with Crippen molar-refractivity contribution < 1.29 is 13.6 Å². The van der Waals surface area contributed by atoms with E-state index < -0.39 is 11.6 Å². The van der Waals surface area contributed by atoms with Crippen LogP contribution in [0.1, 0.15) is 28.8 Å². The Morgan fingerprint density at radius 3 is 2.63 bits per heavy atom. The summed E-state index contributed by atoms with van der Waals surface area (Å²) in [6, 6.07) is 6.25. The van der Waals surface area contributed by atoms with Crippen molar-refractivity contribution in [1.29, 1.82) is 0 Å². The Labute approximate surface area is 155 Å². The molecular weight excluding hydrogens is 350 g/mol. The molecule has 1 aromatic heterocycles. The first kappa shape index (κ1) is 17.5. The highest BCUT2D eigenvalue weighted by molar-refractivity contribution is 6.04. The zero-order valence-corrected chi connectivity index (χ0v) is 15.2. The summed E-state index contributed by atoms with van der Waals surface area (Å²) in [5.41, 5.74) is 1.68. The third-order valence-corrected chi connectivity index (χ3v) is 4.97. The van der Waals surface area contributed by atoms with Crippen LogP contribution in [-0.2, 0) is 7.05 Å². The van der Waals surface area contributed by atoms with E-state index in [-0.39, 0.29) is 28.4 Å². The molecule has 0 aliphatic carbocycles. The number of amides is 1. The topological polar surface area (TPSA) is 50.2 Å². The average molecular weight is 370 g/mol. The van der Waals surface area contributed by atoms with Gasteiger partial charge in [0.15, 0.2) is 5.82 Å². The van der Waals surface area contributed by atoms with Crippen molar-refractivity contribution in [2.75, 3.05) is 18.4 Å². The number of aryl methyl sites for hydroxylation is 2. The highest BCUT2D eigenvalue weighted by Gasteiger charge is 2.26. The van der Waals surface area contributed by atoms with Crippen molar-refractivity contribution in [1.82, 2.24) is 14.5 Å². The molecule has 1 amide bonds. The number of fused-ring (bicyclic) bond motifs is 1. The molecule has 1 saturated heterocycles. The van der Waals surface area contributed by atoms with Gasteiger partial charge in [0.2, 0.25) is 0 Å². The van der Waals surface area contributed by atoms with Crippen molar-refractivity contribution in [3.8, 4) is 0 Å². The number of rotatable bonds is 3. The second-order valence-electron chi connectivity index (χ2n) is 6.94. The van der Waals surface area contributed by atoms with E-state index in [1.54, 1.807) is 35.6 Å². The fourth-order valence-electron chi connectivity index (χ4n) is 3.46. The summed E-state index contributed by atoms with van der Waals surface area (Å²) < 4.78 is 31.2. The molecule has 1 N–H and O–H groups in total. The third-order valence-electron chi connectivity index (χ3n) is 4.97. The number of halogens is 2. The average Bonchev–Trinajstić information content (AvgIpc) is 3.29. The number of likely N-dealkylation sites (tertiary alicyclic amines) is 1. The molecule has 1 aliphatic rings. The van der Waals surface area contributed by atoms with Crippen molar-refractivity contribution in [2.24, 2.45) is 7.05 Å². The van der Waals surface area contributed by atoms with Gasteiger partial charge in [-0.3, -0.25) is 4.79 Å². The van der Waals surface area contributed by atoms with Gasteiger partial charge in [-0.25, -0.2) is 13.8 Å². The summed E-state index contributed by atoms with van der Waals surface area (Å²) in [5.74, 6) is -1.42. The van der Waals surface area contributed by atoms with Crippen LogP contribution in [-0.4, -0.2) is 33.4 Å². The SMILES string of the molecule is Cc1ccc(Nc2c(C(=O)N3CCCC3)cc3c(ncn3C)c2F)c(F)c1. The molecule has 0 saturated carbocycles. The first-order valence-corrected chi connectivity index (χ1v) is 8.91. The standard InChI is InChI=1S/C20H20F2N4O/c1-12-5-6-15(14(21)9-12)24-18-13(20(27)26-7-3-4-8-26)10-16-19(17(18)22)23-11-25(16)2/h5-6,9-11,24H,3-4,7-8H2,1-2H3. The second-order valence-corrected chi connectivity index (χ2v) is 6.94. The molecule has 1 fully saturated rings. The smallest absolute Gasteiger partial charge is 0.256 e. The van der Waals surface area contributed by atoms with Crippen molar-refractivity contribution in [2.45, 2.75) is 19.8 Å². The fourth-order valence-corrected chi connectivity index (χ4v) is 3.46. The number of anilines is 2. The number of nitrogens with zero attached hydrogens (tertiary/aromatic N) is 3. The van der Waals surface area contributed by atoms with Gasteiger partial charge in [-0.2, -0.15) is 0 Å². The molecule has 2 heterocycles. The van der Waals surface area contributed by atoms with Gasteiger partial charge in [0.05, 0.1) is 28.8 Å². The summed E-state index contributed by atoms with van der Waals surface area (Å²) in [4.78, 5) is 18.8. The van der Waals surface area contributed by atoms with Crippen molar-refractivity contribution in [3.05, 3.63) is 53.4 Å². The maximum atomic E-state index is 15.3. The summed E-state index contributed by atoms with van der Waals surface area (Å²) in [6.45, 7) is 3.06. The lowest BCUT2D eigenvalue weighted by atomic mass is 10.1. The maximum Gasteiger partial charge on any atom is 0.256 e. The van der Waals surface area contributed by atoms with Crippen LogP contribution in [0.3, 0.4) is 0 Å². The number of carbonyl (C=O) groups excluding carboxylic acids is 1. The number of nitrogens with one attached hydrogen (secondary N) is 1. The predicted molar refractivity (Wildman–Crippen MR) is 100 cm³/mol. The fraction of sp³-hybridized carbons (Fsp3) is 0.300. The Kier molecular flexibility index (Phi) is 4.30. The Balaban J connectivity index is 1.87. The van der Waals surface area contributed by atoms with Gasteiger partial charge in [-0.15, -0.1) is 0 Å². The monoisotopic (exact) mass is 370 g/mol. The van der Waals surface area contributed by atoms with E-state index in [1.165, 1.54) is 18.5 Å². The van der Waals surface area contributed by atoms with Crippen molar-refractivity contribution >= 4 is 28.3 Å². The molecule has 0 spiro atoms. The summed E-state index contributed by atoms with van der Waals surface area (Å²) in [6.07, 6.45) is 3.35. The molecule has 0 atom stereocenters. The summed E-state index contributed by atoms with van der Waals surface area (Å²) >= 11 is 0. The lowest BCUT2D eigenvalue weighted by Gasteiger charge is -2.19. The molecule has 2 aromatic carbocycles. The van der Waals surface area contributed by atoms with Gasteiger partial charge >= 0.3 is 0 Å². The zero-order valence-electron chi connectivity index (χ0n) is 15.2. The van der Waals surface area contributed by atoms with Gasteiger partial charge in [0, 0.05) is 20.1 Å². The van der Waals surface area contributed by atoms with Gasteiger partial charge in [-0.05, 0) is 43.5 Å². The van der Waals surface area contributed by atoms with Gasteiger partial charge in [-0.1, -0.05) is 6.07 Å². The van der Waals surface area contributed by atoms with E-state index in [0.29, 0.717) is 18.6 Å². The largest absolute Gasteiger partial charge is 0.350 e. The number of hydrogen-bond donors (Lipinski definition) is 1. The van der Waals surface area contributed by atoms with Crippen LogP contribution in [0.5, 0.6) is 0 Å². The van der Waals surface area contributed by atoms with Crippen LogP contribution in [0.2, 0.25) is 0 Å². The third kappa shape index (κ3) is 3.03. The van der Waals surface area contributed by atoms with Crippen LogP contribution in [0, 0.1) is 18.6 Å². The molecule has 3 aromatic rings. The lowest BCUT2D eigenvalue weighted by molar-refractivity contribution is 0.0793. The molecule has 1 aliphatic heterocycles. The minimum atomic E-state index is -0.657. The van der Waals surface area contributed by atoms with E-state index in [9.17, 15) is 9.18 Å². The normalized spacial score (nSPS) is 14.1. The van der Waals surface area contributed by atoms with E-state index >= 15 is 4.39 Å². The van der Waals surface area contributed by atoms with Crippen LogP contribution < -0.4 is 5.32 Å². The second kappa shape index (κ2) is 6.64. The number of aromatic nitrogens is 2. The first-order chi connectivity index (χ1) is 13.0. The minimum Gasteiger partial charge on any atom is -0.350 e. The van der Waals surface area contributed by atoms with Crippen LogP contribution in [0.15, 0.2) is 30.6 Å². The molecule has 0 bridgehead atoms. The van der Waals surface area contributed by atoms with E-state index in [0.717, 1.165) is 18.4 Å². The summed E-state index contributed by atoms with van der Waals surface area (Å²) in [5, 5.41) is 2.80. The molecule has 140 valence electrons. The first-order valence-electron chi connectivity index (χ1n) is 8.91. The van der Waals surface area contributed by atoms with Crippen LogP contribution in [0.25, 0.3) is 11.0 Å². The number of benzene rings is 2. The van der Waals surface area contributed by atoms with E-state index in [2.05, 4.69) is 10.3 Å². The molecule has 0 unspecified atom stereocenters. The zero-order chi connectivity index (χ0) is 19.1. The molecule has 7 heteroatoms. The van der Waals surface area contributed by atoms with Gasteiger partial charge < -0.3 is 14.8 Å². The Hall–Kier alpha value is -2.96. The Morgan fingerprint density at radius 1 is 1.19 bits per heavy atom. The molecular formula is C20H20F2N4O. The van der Waals surface area contributed by atoms with E-state index in [4.69, 9.17) is 0 Å². The molecule has 4 rings (SSSR count). The number of hydrogen-bond acceptors (Lipinski definition) is 3. The highest BCUT2D eigenvalue weighted by Crippen LogP contribution is 2.33. The molecule has 27 heavy (non-hydrogen) atoms. The quantitative estimate of drug-likeness (QED) is 0.754. The Bertz CT molecular complexity index is 1040. The van der Waals surface area contributed by atoms with Crippen molar-refractivity contribution in [3.63, 3.8) is 0 Å². The minimum absolute atomic E-state index is 0.0409. The van der Waals surface area contributed by atoms with E-state index in [1.807, 2.05) is 0 Å². The highest BCUT2D eigenvalue weighted by atomic mass is 19.1. The van der Waals surface area contributed by atoms with Gasteiger partial charge in [0.25, 0.3) is 5.91 Å². The number of imidazole rings is 1. The molecule has 5 nitrogen and oxygen atoms in total. The maximum absolute atomic E-state index is 15.3. The van der Waals surface area contributed by atoms with Crippen LogP contribution in [0.4, 0.5) is 20.2 Å².